The van der Waals surface area contributed by atoms with E-state index in [9.17, 15) is 13.2 Å². The largest absolute Gasteiger partial charge is 0.339 e. The quantitative estimate of drug-likeness (QED) is 0.423. The molecule has 0 saturated heterocycles. The molecule has 4 aromatic rings. The summed E-state index contributed by atoms with van der Waals surface area (Å²) < 4.78 is 28.1. The number of fused-ring (bicyclic) bond motifs is 2. The van der Waals surface area contributed by atoms with Gasteiger partial charge in [0.2, 0.25) is 10.0 Å². The van der Waals surface area contributed by atoms with Crippen LogP contribution in [0.2, 0.25) is 0 Å². The van der Waals surface area contributed by atoms with Gasteiger partial charge in [-0.05, 0) is 54.4 Å². The Labute approximate surface area is 209 Å². The molecule has 1 aliphatic heterocycles. The van der Waals surface area contributed by atoms with Gasteiger partial charge in [0.25, 0.3) is 0 Å². The van der Waals surface area contributed by atoms with Gasteiger partial charge in [0.05, 0.1) is 22.3 Å². The van der Waals surface area contributed by atoms with Gasteiger partial charge in [-0.1, -0.05) is 18.2 Å². The highest BCUT2D eigenvalue weighted by Gasteiger charge is 2.29. The molecule has 0 spiro atoms. The molecule has 9 nitrogen and oxygen atoms in total. The van der Waals surface area contributed by atoms with Crippen LogP contribution >= 0.6 is 0 Å². The molecule has 0 fully saturated rings. The predicted octanol–water partition coefficient (Wildman–Crippen LogP) is 4.21. The van der Waals surface area contributed by atoms with Crippen molar-refractivity contribution in [3.05, 3.63) is 84.2 Å². The number of sulfonamides is 1. The summed E-state index contributed by atoms with van der Waals surface area (Å²) in [5.74, 6) is 0.711. The molecule has 2 N–H and O–H groups in total. The Morgan fingerprint density at radius 1 is 1.00 bits per heavy atom. The fourth-order valence-corrected chi connectivity index (χ4v) is 5.57. The zero-order valence-electron chi connectivity index (χ0n) is 20.0. The topological polar surface area (TPSA) is 108 Å². The van der Waals surface area contributed by atoms with Gasteiger partial charge >= 0.3 is 6.03 Å². The lowest BCUT2D eigenvalue weighted by Gasteiger charge is -2.29. The van der Waals surface area contributed by atoms with Gasteiger partial charge in [0.15, 0.2) is 0 Å². The van der Waals surface area contributed by atoms with Gasteiger partial charge in [-0.2, -0.15) is 4.31 Å². The van der Waals surface area contributed by atoms with Crippen molar-refractivity contribution in [2.24, 2.45) is 0 Å². The van der Waals surface area contributed by atoms with Crippen molar-refractivity contribution in [3.63, 3.8) is 0 Å². The van der Waals surface area contributed by atoms with Crippen LogP contribution in [0.25, 0.3) is 10.9 Å². The van der Waals surface area contributed by atoms with E-state index < -0.39 is 10.0 Å². The molecule has 0 aliphatic carbocycles. The third kappa shape index (κ3) is 4.73. The summed E-state index contributed by atoms with van der Waals surface area (Å²) in [6, 6.07) is 17.7. The fourth-order valence-electron chi connectivity index (χ4n) is 4.15. The van der Waals surface area contributed by atoms with Crippen LogP contribution in [0, 0.1) is 0 Å². The molecule has 0 saturated carbocycles. The molecule has 5 rings (SSSR count). The third-order valence-electron chi connectivity index (χ3n) is 6.11. The number of hydrogen-bond donors (Lipinski definition) is 2. The molecule has 0 radical (unpaired) electrons. The van der Waals surface area contributed by atoms with Gasteiger partial charge in [0.1, 0.15) is 5.82 Å². The van der Waals surface area contributed by atoms with E-state index in [0.717, 1.165) is 27.7 Å². The second-order valence-electron chi connectivity index (χ2n) is 8.78. The van der Waals surface area contributed by atoms with Crippen molar-refractivity contribution in [2.45, 2.75) is 17.9 Å². The van der Waals surface area contributed by atoms with Crippen LogP contribution in [0.15, 0.2) is 78.0 Å². The minimum Gasteiger partial charge on any atom is -0.339 e. The lowest BCUT2D eigenvalue weighted by atomic mass is 10.0. The summed E-state index contributed by atoms with van der Waals surface area (Å²) >= 11 is 0. The lowest BCUT2D eigenvalue weighted by Crippen LogP contribution is -2.36. The molecule has 2 aromatic carbocycles. The summed E-state index contributed by atoms with van der Waals surface area (Å²) in [5, 5.41) is 7.09. The van der Waals surface area contributed by atoms with Crippen LogP contribution in [0.1, 0.15) is 11.1 Å². The summed E-state index contributed by atoms with van der Waals surface area (Å²) in [7, 11) is -0.430. The van der Waals surface area contributed by atoms with E-state index in [2.05, 4.69) is 20.6 Å². The molecule has 184 valence electrons. The molecule has 0 unspecified atom stereocenters. The Kier molecular flexibility index (Phi) is 6.29. The van der Waals surface area contributed by atoms with E-state index in [-0.39, 0.29) is 17.5 Å². The van der Waals surface area contributed by atoms with Crippen LogP contribution < -0.4 is 10.6 Å². The van der Waals surface area contributed by atoms with Crippen LogP contribution in [-0.2, 0) is 23.0 Å². The monoisotopic (exact) mass is 502 g/mol. The first-order valence-corrected chi connectivity index (χ1v) is 12.9. The molecule has 36 heavy (non-hydrogen) atoms. The normalized spacial score (nSPS) is 13.7. The number of benzene rings is 2. The number of para-hydroxylation sites is 1. The number of aromatic nitrogens is 2. The Morgan fingerprint density at radius 2 is 1.78 bits per heavy atom. The average Bonchev–Trinajstić information content (AvgIpc) is 2.88. The summed E-state index contributed by atoms with van der Waals surface area (Å²) in [6.07, 6.45) is 3.99. The van der Waals surface area contributed by atoms with Gasteiger partial charge < -0.3 is 15.5 Å². The van der Waals surface area contributed by atoms with E-state index in [1.165, 1.54) is 21.3 Å². The minimum absolute atomic E-state index is 0.184. The van der Waals surface area contributed by atoms with Crippen LogP contribution in [0.4, 0.5) is 22.0 Å². The number of carbonyl (C=O) groups excluding carboxylic acids is 1. The van der Waals surface area contributed by atoms with Crippen LogP contribution in [-0.4, -0.2) is 54.3 Å². The third-order valence-corrected chi connectivity index (χ3v) is 7.97. The highest BCUT2D eigenvalue weighted by atomic mass is 32.2. The summed E-state index contributed by atoms with van der Waals surface area (Å²) in [6.45, 7) is 0.592. The number of anilines is 3. The fraction of sp³-hybridized carbons (Fsp3) is 0.192. The molecule has 2 amide bonds. The van der Waals surface area contributed by atoms with E-state index in [0.29, 0.717) is 24.5 Å². The maximum absolute atomic E-state index is 13.3. The number of pyridine rings is 2. The smallest absolute Gasteiger partial charge is 0.321 e. The number of hydrogen-bond acceptors (Lipinski definition) is 6. The zero-order valence-corrected chi connectivity index (χ0v) is 20.8. The Bertz CT molecular complexity index is 1540. The maximum atomic E-state index is 13.3. The maximum Gasteiger partial charge on any atom is 0.321 e. The molecule has 0 bridgehead atoms. The molecule has 2 aromatic heterocycles. The van der Waals surface area contributed by atoms with Gasteiger partial charge in [0, 0.05) is 50.0 Å². The molecular weight excluding hydrogens is 476 g/mol. The standard InChI is InChI=1S/C26H26N6O3S/c1-31(2)26(33)30-20-7-9-22(10-8-20)36(34,35)32-14-12-23-19(17-32)11-13-27-25(23)29-21-15-18-5-3-4-6-24(18)28-16-21/h3-11,13,15-16H,12,14,17H2,1-2H3,(H,27,29)(H,30,33). The van der Waals surface area contributed by atoms with E-state index >= 15 is 0 Å². The van der Waals surface area contributed by atoms with Crippen molar-refractivity contribution in [2.75, 3.05) is 31.3 Å². The molecule has 1 aliphatic rings. The van der Waals surface area contributed by atoms with Crippen molar-refractivity contribution < 1.29 is 13.2 Å². The zero-order chi connectivity index (χ0) is 25.3. The number of nitrogens with one attached hydrogen (secondary N) is 2. The first-order chi connectivity index (χ1) is 17.3. The van der Waals surface area contributed by atoms with Crippen LogP contribution in [0.3, 0.4) is 0 Å². The summed E-state index contributed by atoms with van der Waals surface area (Å²) in [4.78, 5) is 22.4. The van der Waals surface area contributed by atoms with Crippen molar-refractivity contribution in [1.29, 1.82) is 0 Å². The van der Waals surface area contributed by atoms with Gasteiger partial charge in [-0.25, -0.2) is 18.2 Å². The van der Waals surface area contributed by atoms with Gasteiger partial charge in [-0.15, -0.1) is 0 Å². The highest BCUT2D eigenvalue weighted by Crippen LogP contribution is 2.30. The second-order valence-corrected chi connectivity index (χ2v) is 10.7. The predicted molar refractivity (Wildman–Crippen MR) is 140 cm³/mol. The number of amides is 2. The summed E-state index contributed by atoms with van der Waals surface area (Å²) in [5.41, 5.74) is 4.18. The molecular formula is C26H26N6O3S. The minimum atomic E-state index is -3.70. The van der Waals surface area contributed by atoms with Crippen LogP contribution in [0.5, 0.6) is 0 Å². The average molecular weight is 503 g/mol. The number of carbonyl (C=O) groups is 1. The Hall–Kier alpha value is -4.02. The van der Waals surface area contributed by atoms with Crippen molar-refractivity contribution in [1.82, 2.24) is 19.2 Å². The van der Waals surface area contributed by atoms with E-state index in [1.54, 1.807) is 38.6 Å². The number of urea groups is 1. The van der Waals surface area contributed by atoms with Crippen molar-refractivity contribution >= 4 is 44.1 Å². The van der Waals surface area contributed by atoms with Crippen molar-refractivity contribution in [3.8, 4) is 0 Å². The molecule has 3 heterocycles. The molecule has 10 heteroatoms. The lowest BCUT2D eigenvalue weighted by molar-refractivity contribution is 0.230. The number of nitrogens with zero attached hydrogens (tertiary/aromatic N) is 4. The Morgan fingerprint density at radius 3 is 2.56 bits per heavy atom. The van der Waals surface area contributed by atoms with E-state index in [1.807, 2.05) is 36.4 Å². The highest BCUT2D eigenvalue weighted by molar-refractivity contribution is 7.89. The van der Waals surface area contributed by atoms with Gasteiger partial charge in [-0.3, -0.25) is 4.98 Å². The number of rotatable bonds is 5. The first kappa shape index (κ1) is 23.7. The SMILES string of the molecule is CN(C)C(=O)Nc1ccc(S(=O)(=O)N2CCc3c(ccnc3Nc3cnc4ccccc4c3)C2)cc1. The van der Waals surface area contributed by atoms with E-state index in [4.69, 9.17) is 0 Å². The second kappa shape index (κ2) is 9.56. The molecule has 0 atom stereocenters. The first-order valence-electron chi connectivity index (χ1n) is 11.5. The Balaban J connectivity index is 1.34.